The Balaban J connectivity index is 5.92. The number of oxime groups is 4. The average molecular weight is 1180 g/mol. The Morgan fingerprint density at radius 1 is 0.370 bits per heavy atom. The van der Waals surface area contributed by atoms with E-state index in [-0.39, 0.29) is 26.2 Å². The fourth-order valence-corrected chi connectivity index (χ4v) is 5.68. The van der Waals surface area contributed by atoms with E-state index >= 15 is 0 Å². The maximum Gasteiger partial charge on any atom is 0.317 e. The second-order valence-corrected chi connectivity index (χ2v) is 16.5. The highest BCUT2D eigenvalue weighted by atomic mass is 16.6. The Labute approximate surface area is 459 Å². The van der Waals surface area contributed by atoms with Gasteiger partial charge in [0.05, 0.1) is 84.0 Å². The molecule has 0 aliphatic carbocycles. The first-order valence-electron chi connectivity index (χ1n) is 23.8. The quantitative estimate of drug-likeness (QED) is 0.0199. The number of hydrogen-bond donors (Lipinski definition) is 17. The number of aliphatic carboxylic acids is 3. The summed E-state index contributed by atoms with van der Waals surface area (Å²) in [6.45, 7) is -14.3. The van der Waals surface area contributed by atoms with Crippen LogP contribution in [-0.4, -0.2) is 366 Å². The highest BCUT2D eigenvalue weighted by molar-refractivity contribution is 5.97. The molecule has 0 aromatic carbocycles. The standard InChI is InChI=1S/C42H71N11O28/c54-18-30(62)26(58)9-45-78-22-36(68)52(37(69)23-79-46-10-27(59)31(63)19-55)3-1-43-34(66)13-50(16-41(74)75)7-5-49(15-40(72)73)6-8-51(17-42(76)77)14-35(67)44-2-4-53(38(70)24-80-47-11-28(60)32(64)20-56)39(71)25-81-48-12-29(61)33(65)21-57/h9-12,26-33,54-65H,1-8,13-25H2,(H,43,66)(H,44,67)(H,72,73)(H,74,75)(H,76,77)/b45-9+,46-10+,47-11+,48-12+/t26-,27?,28?,29?,30-,31-,32-,33?/m1/s1. The normalized spacial score (nSPS) is 14.8. The lowest BCUT2D eigenvalue weighted by molar-refractivity contribution is -0.152. The van der Waals surface area contributed by atoms with Crippen LogP contribution in [0, 0.1) is 0 Å². The zero-order valence-electron chi connectivity index (χ0n) is 43.3. The summed E-state index contributed by atoms with van der Waals surface area (Å²) in [5, 5.41) is 158. The van der Waals surface area contributed by atoms with E-state index in [4.69, 9.17) is 39.8 Å². The second-order valence-electron chi connectivity index (χ2n) is 16.5. The molecule has 0 aliphatic heterocycles. The van der Waals surface area contributed by atoms with Crippen molar-refractivity contribution in [2.24, 2.45) is 20.6 Å². The highest BCUT2D eigenvalue weighted by Gasteiger charge is 2.27. The van der Waals surface area contributed by atoms with Gasteiger partial charge in [-0.3, -0.25) is 67.7 Å². The Morgan fingerprint density at radius 2 is 0.605 bits per heavy atom. The molecule has 0 aliphatic rings. The van der Waals surface area contributed by atoms with Gasteiger partial charge in [0, 0.05) is 52.4 Å². The lowest BCUT2D eigenvalue weighted by Crippen LogP contribution is -2.49. The minimum absolute atomic E-state index is 0.272. The van der Waals surface area contributed by atoms with Crippen LogP contribution in [0.3, 0.4) is 0 Å². The van der Waals surface area contributed by atoms with Crippen molar-refractivity contribution in [1.29, 1.82) is 0 Å². The van der Waals surface area contributed by atoms with Crippen LogP contribution in [0.15, 0.2) is 20.6 Å². The molecule has 462 valence electrons. The van der Waals surface area contributed by atoms with Crippen molar-refractivity contribution < 1.29 is 139 Å². The van der Waals surface area contributed by atoms with Crippen molar-refractivity contribution in [1.82, 2.24) is 35.1 Å². The van der Waals surface area contributed by atoms with Crippen LogP contribution in [0.1, 0.15) is 0 Å². The molecule has 0 fully saturated rings. The van der Waals surface area contributed by atoms with Crippen LogP contribution in [0.25, 0.3) is 0 Å². The van der Waals surface area contributed by atoms with Gasteiger partial charge < -0.3 is 107 Å². The van der Waals surface area contributed by atoms with Gasteiger partial charge in [-0.2, -0.15) is 0 Å². The zero-order valence-corrected chi connectivity index (χ0v) is 43.3. The smallest absolute Gasteiger partial charge is 0.317 e. The molecule has 39 heteroatoms. The molecule has 0 radical (unpaired) electrons. The summed E-state index contributed by atoms with van der Waals surface area (Å²) < 4.78 is 0. The highest BCUT2D eigenvalue weighted by Crippen LogP contribution is 2.02. The largest absolute Gasteiger partial charge is 0.480 e. The molecule has 0 saturated heterocycles. The predicted molar refractivity (Wildman–Crippen MR) is 266 cm³/mol. The molecule has 39 nitrogen and oxygen atoms in total. The number of nitrogens with zero attached hydrogens (tertiary/aromatic N) is 9. The number of aliphatic hydroxyl groups excluding tert-OH is 12. The van der Waals surface area contributed by atoms with Crippen molar-refractivity contribution >= 4 is 78.2 Å². The molecule has 0 saturated carbocycles. The first kappa shape index (κ1) is 73.9. The van der Waals surface area contributed by atoms with Crippen LogP contribution < -0.4 is 10.6 Å². The van der Waals surface area contributed by atoms with Crippen molar-refractivity contribution in [3.63, 3.8) is 0 Å². The minimum atomic E-state index is -1.71. The first-order chi connectivity index (χ1) is 38.3. The van der Waals surface area contributed by atoms with Crippen LogP contribution >= 0.6 is 0 Å². The Hall–Kier alpha value is -7.09. The number of rotatable bonds is 46. The number of carboxylic acids is 3. The van der Waals surface area contributed by atoms with Crippen molar-refractivity contribution in [3.05, 3.63) is 0 Å². The summed E-state index contributed by atoms with van der Waals surface area (Å²) in [4.78, 5) is 137. The van der Waals surface area contributed by atoms with Crippen molar-refractivity contribution in [2.75, 3.05) is 138 Å². The fraction of sp³-hybridized carbons (Fsp3) is 0.690. The fourth-order valence-electron chi connectivity index (χ4n) is 5.68. The maximum absolute atomic E-state index is 13.0. The number of aliphatic hydroxyl groups is 12. The van der Waals surface area contributed by atoms with E-state index in [1.54, 1.807) is 0 Å². The zero-order chi connectivity index (χ0) is 61.5. The molecule has 8 atom stereocenters. The summed E-state index contributed by atoms with van der Waals surface area (Å²) in [7, 11) is 0. The Kier molecular flexibility index (Phi) is 39.0. The number of carbonyl (C=O) groups is 9. The molecule has 17 N–H and O–H groups in total. The average Bonchev–Trinajstić information content (AvgIpc) is 3.41. The number of carboxylic acid groups (broad SMARTS) is 3. The third-order valence-corrected chi connectivity index (χ3v) is 10.0. The molecule has 0 aromatic heterocycles. The van der Waals surface area contributed by atoms with Gasteiger partial charge >= 0.3 is 17.9 Å². The molecular weight excluding hydrogens is 1110 g/mol. The minimum Gasteiger partial charge on any atom is -0.480 e. The van der Waals surface area contributed by atoms with Gasteiger partial charge in [-0.1, -0.05) is 20.6 Å². The molecule has 4 unspecified atom stereocenters. The lowest BCUT2D eigenvalue weighted by Gasteiger charge is -2.28. The van der Waals surface area contributed by atoms with Crippen LogP contribution in [0.4, 0.5) is 0 Å². The number of hydrogen-bond acceptors (Lipinski definition) is 32. The van der Waals surface area contributed by atoms with Gasteiger partial charge in [0.25, 0.3) is 23.6 Å². The van der Waals surface area contributed by atoms with Crippen LogP contribution in [0.5, 0.6) is 0 Å². The number of imide groups is 2. The molecule has 0 spiro atoms. The molecule has 81 heavy (non-hydrogen) atoms. The molecule has 0 aromatic rings. The third kappa shape index (κ3) is 34.6. The van der Waals surface area contributed by atoms with Crippen molar-refractivity contribution in [3.8, 4) is 0 Å². The van der Waals surface area contributed by atoms with Crippen molar-refractivity contribution in [2.45, 2.75) is 48.8 Å². The maximum atomic E-state index is 13.0. The third-order valence-electron chi connectivity index (χ3n) is 10.0. The number of carbonyl (C=O) groups excluding carboxylic acids is 6. The molecule has 6 amide bonds. The van der Waals surface area contributed by atoms with E-state index in [0.717, 1.165) is 9.80 Å². The van der Waals surface area contributed by atoms with Gasteiger partial charge in [-0.15, -0.1) is 0 Å². The van der Waals surface area contributed by atoms with E-state index in [0.29, 0.717) is 34.7 Å². The van der Waals surface area contributed by atoms with E-state index < -0.39 is 214 Å². The van der Waals surface area contributed by atoms with E-state index in [9.17, 15) is 99.3 Å². The van der Waals surface area contributed by atoms with Gasteiger partial charge in [0.15, 0.2) is 26.4 Å². The van der Waals surface area contributed by atoms with Gasteiger partial charge in [-0.25, -0.2) is 0 Å². The van der Waals surface area contributed by atoms with Gasteiger partial charge in [-0.05, 0) is 0 Å². The predicted octanol–water partition coefficient (Wildman–Crippen LogP) is -13.0. The summed E-state index contributed by atoms with van der Waals surface area (Å²) in [6.07, 6.45) is -10.9. The van der Waals surface area contributed by atoms with E-state index in [2.05, 4.69) is 31.3 Å². The summed E-state index contributed by atoms with van der Waals surface area (Å²) in [6, 6.07) is 0. The lowest BCUT2D eigenvalue weighted by atomic mass is 10.2. The Morgan fingerprint density at radius 3 is 0.840 bits per heavy atom. The first-order valence-corrected chi connectivity index (χ1v) is 23.8. The molecule has 0 rings (SSSR count). The SMILES string of the molecule is O=C(O)CN(CCN(CC(=O)O)CC(=O)NCCN(C(=O)CO/N=C/C(O)C(O)CO)C(=O)CO/N=C/C(O)[C@H](O)CO)CCN(CC(=O)O)CC(=O)NCCN(C(=O)CO/N=C/C(O)[C@H](O)CO)C(=O)CO/N=C/[C@@H](O)[C@H](O)CO. The topological polar surface area (TPSA) is 584 Å². The summed E-state index contributed by atoms with van der Waals surface area (Å²) in [5.74, 6) is -10.5. The van der Waals surface area contributed by atoms with E-state index in [1.807, 2.05) is 0 Å². The van der Waals surface area contributed by atoms with Gasteiger partial charge in [0.2, 0.25) is 11.8 Å². The number of amides is 6. The second kappa shape index (κ2) is 42.8. The Bertz CT molecular complexity index is 1840. The van der Waals surface area contributed by atoms with E-state index in [1.165, 1.54) is 4.90 Å². The molecular formula is C42H71N11O28. The number of nitrogens with one attached hydrogen (secondary N) is 2. The van der Waals surface area contributed by atoms with Crippen LogP contribution in [0.2, 0.25) is 0 Å². The van der Waals surface area contributed by atoms with Crippen LogP contribution in [-0.2, 0) is 62.5 Å². The van der Waals surface area contributed by atoms with Gasteiger partial charge in [0.1, 0.15) is 48.8 Å². The molecule has 0 heterocycles. The summed E-state index contributed by atoms with van der Waals surface area (Å²) in [5.41, 5.74) is 0. The summed E-state index contributed by atoms with van der Waals surface area (Å²) >= 11 is 0. The molecule has 0 bridgehead atoms. The monoisotopic (exact) mass is 1180 g/mol.